The Hall–Kier alpha value is -3.56. The largest absolute Gasteiger partial charge is 0.394 e. The molecule has 2 atom stereocenters. The maximum Gasteiger partial charge on any atom is 0.255 e. The number of aromatic nitrogens is 3. The Morgan fingerprint density at radius 1 is 1.26 bits per heavy atom. The molecule has 0 radical (unpaired) electrons. The number of nitrogens with one attached hydrogen (secondary N) is 2. The molecule has 3 aromatic rings. The van der Waals surface area contributed by atoms with Crippen LogP contribution in [0.1, 0.15) is 40.3 Å². The number of pyridine rings is 1. The monoisotopic (exact) mass is 480 g/mol. The molecule has 1 aliphatic rings. The van der Waals surface area contributed by atoms with Crippen molar-refractivity contribution in [3.05, 3.63) is 70.1 Å². The van der Waals surface area contributed by atoms with Crippen molar-refractivity contribution in [3.63, 3.8) is 0 Å². The van der Waals surface area contributed by atoms with E-state index in [1.807, 2.05) is 31.2 Å². The number of amides is 2. The molecule has 10 heteroatoms. The van der Waals surface area contributed by atoms with E-state index in [2.05, 4.69) is 25.6 Å². The maximum absolute atomic E-state index is 13.2. The van der Waals surface area contributed by atoms with Crippen molar-refractivity contribution in [1.82, 2.24) is 25.2 Å². The summed E-state index contributed by atoms with van der Waals surface area (Å²) in [5.74, 6) is -0.214. The first-order valence-electron chi connectivity index (χ1n) is 10.8. The Bertz CT molecular complexity index is 1250. The van der Waals surface area contributed by atoms with Crippen LogP contribution >= 0.6 is 11.6 Å². The van der Waals surface area contributed by atoms with Crippen LogP contribution in [0.2, 0.25) is 5.02 Å². The summed E-state index contributed by atoms with van der Waals surface area (Å²) in [7, 11) is 1.71. The third-order valence-electron chi connectivity index (χ3n) is 5.80. The molecular weight excluding hydrogens is 456 g/mol. The van der Waals surface area contributed by atoms with E-state index in [1.165, 1.54) is 11.1 Å². The van der Waals surface area contributed by atoms with Crippen molar-refractivity contribution in [2.24, 2.45) is 0 Å². The van der Waals surface area contributed by atoms with Gasteiger partial charge in [0.25, 0.3) is 5.91 Å². The second-order valence-corrected chi connectivity index (χ2v) is 8.48. The Balaban J connectivity index is 1.53. The van der Waals surface area contributed by atoms with E-state index in [9.17, 15) is 14.7 Å². The van der Waals surface area contributed by atoms with Gasteiger partial charge in [-0.2, -0.15) is 0 Å². The van der Waals surface area contributed by atoms with Crippen LogP contribution in [0.4, 0.5) is 5.95 Å². The Kier molecular flexibility index (Phi) is 6.76. The van der Waals surface area contributed by atoms with Crippen molar-refractivity contribution in [2.45, 2.75) is 32.5 Å². The molecule has 0 fully saturated rings. The summed E-state index contributed by atoms with van der Waals surface area (Å²) in [5.41, 5.74) is 3.85. The Morgan fingerprint density at radius 2 is 2.06 bits per heavy atom. The molecule has 1 aliphatic heterocycles. The van der Waals surface area contributed by atoms with Gasteiger partial charge in [-0.15, -0.1) is 0 Å². The van der Waals surface area contributed by atoms with Crippen LogP contribution in [-0.4, -0.2) is 56.5 Å². The third-order valence-corrected chi connectivity index (χ3v) is 6.07. The summed E-state index contributed by atoms with van der Waals surface area (Å²) in [6.45, 7) is 3.50. The SMILES string of the molecule is CNc1ncc(Cl)c(-c2ccc3c(c2)C(=O)N(C(C)C(=O)NC(CO)c2cccc(C)n2)C3)n1. The zero-order valence-electron chi connectivity index (χ0n) is 19.0. The van der Waals surface area contributed by atoms with Gasteiger partial charge in [-0.3, -0.25) is 14.6 Å². The van der Waals surface area contributed by atoms with Gasteiger partial charge in [0.2, 0.25) is 11.9 Å². The minimum absolute atomic E-state index is 0.257. The Morgan fingerprint density at radius 3 is 2.76 bits per heavy atom. The van der Waals surface area contributed by atoms with Crippen molar-refractivity contribution >= 4 is 29.4 Å². The number of carbonyl (C=O) groups excluding carboxylic acids is 2. The number of rotatable bonds is 7. The van der Waals surface area contributed by atoms with Crippen LogP contribution in [0.15, 0.2) is 42.6 Å². The van der Waals surface area contributed by atoms with Crippen LogP contribution < -0.4 is 10.6 Å². The van der Waals surface area contributed by atoms with Gasteiger partial charge in [-0.05, 0) is 37.6 Å². The molecule has 1 aromatic carbocycles. The topological polar surface area (TPSA) is 120 Å². The second kappa shape index (κ2) is 9.74. The number of nitrogens with zero attached hydrogens (tertiary/aromatic N) is 4. The normalized spacial score (nSPS) is 14.5. The van der Waals surface area contributed by atoms with Crippen molar-refractivity contribution in [1.29, 1.82) is 0 Å². The van der Waals surface area contributed by atoms with Crippen molar-refractivity contribution in [3.8, 4) is 11.3 Å². The smallest absolute Gasteiger partial charge is 0.255 e. The molecule has 34 heavy (non-hydrogen) atoms. The van der Waals surface area contributed by atoms with Crippen LogP contribution in [0.25, 0.3) is 11.3 Å². The minimum Gasteiger partial charge on any atom is -0.394 e. The molecule has 3 heterocycles. The number of aliphatic hydroxyl groups excluding tert-OH is 1. The standard InChI is InChI=1S/C24H25ClN6O3/c1-13-5-4-6-19(28-13)20(12-32)29-22(33)14(2)31-11-16-8-7-15(9-17(16)23(31)34)21-18(25)10-27-24(26-3)30-21/h4-10,14,20,32H,11-12H2,1-3H3,(H,29,33)(H,26,27,30). The number of hydrogen-bond donors (Lipinski definition) is 3. The lowest BCUT2D eigenvalue weighted by molar-refractivity contribution is -0.126. The number of fused-ring (bicyclic) bond motifs is 1. The van der Waals surface area contributed by atoms with Gasteiger partial charge in [0, 0.05) is 30.4 Å². The number of halogens is 1. The van der Waals surface area contributed by atoms with E-state index >= 15 is 0 Å². The fourth-order valence-corrected chi connectivity index (χ4v) is 4.08. The molecule has 0 saturated carbocycles. The number of hydrogen-bond acceptors (Lipinski definition) is 7. The number of benzene rings is 1. The molecule has 9 nitrogen and oxygen atoms in total. The molecule has 4 rings (SSSR count). The predicted molar refractivity (Wildman–Crippen MR) is 128 cm³/mol. The van der Waals surface area contributed by atoms with E-state index in [4.69, 9.17) is 11.6 Å². The highest BCUT2D eigenvalue weighted by Crippen LogP contribution is 2.32. The predicted octanol–water partition coefficient (Wildman–Crippen LogP) is 2.74. The summed E-state index contributed by atoms with van der Waals surface area (Å²) >= 11 is 6.29. The highest BCUT2D eigenvalue weighted by atomic mass is 35.5. The van der Waals surface area contributed by atoms with Gasteiger partial charge >= 0.3 is 0 Å². The lowest BCUT2D eigenvalue weighted by Gasteiger charge is -2.25. The summed E-state index contributed by atoms with van der Waals surface area (Å²) in [6.07, 6.45) is 1.50. The quantitative estimate of drug-likeness (QED) is 0.475. The van der Waals surface area contributed by atoms with Crippen LogP contribution in [0.3, 0.4) is 0 Å². The first kappa shape index (κ1) is 23.6. The van der Waals surface area contributed by atoms with Crippen LogP contribution in [-0.2, 0) is 11.3 Å². The van der Waals surface area contributed by atoms with E-state index in [1.54, 1.807) is 26.1 Å². The number of aryl methyl sites for hydroxylation is 1. The molecule has 0 bridgehead atoms. The average molecular weight is 481 g/mol. The lowest BCUT2D eigenvalue weighted by atomic mass is 10.0. The first-order valence-corrected chi connectivity index (χ1v) is 11.2. The van der Waals surface area contributed by atoms with E-state index in [0.29, 0.717) is 40.0 Å². The highest BCUT2D eigenvalue weighted by molar-refractivity contribution is 6.33. The molecule has 0 spiro atoms. The number of anilines is 1. The molecule has 2 unspecified atom stereocenters. The molecule has 2 aromatic heterocycles. The van der Waals surface area contributed by atoms with E-state index in [0.717, 1.165) is 11.3 Å². The molecule has 2 amide bonds. The van der Waals surface area contributed by atoms with E-state index < -0.39 is 12.1 Å². The van der Waals surface area contributed by atoms with Gasteiger partial charge in [-0.25, -0.2) is 9.97 Å². The van der Waals surface area contributed by atoms with E-state index in [-0.39, 0.29) is 18.4 Å². The summed E-state index contributed by atoms with van der Waals surface area (Å²) in [5, 5.41) is 15.8. The summed E-state index contributed by atoms with van der Waals surface area (Å²) in [4.78, 5) is 40.5. The number of carbonyl (C=O) groups is 2. The third kappa shape index (κ3) is 4.57. The fourth-order valence-electron chi connectivity index (χ4n) is 3.88. The van der Waals surface area contributed by atoms with Gasteiger partial charge in [0.05, 0.1) is 35.3 Å². The maximum atomic E-state index is 13.2. The van der Waals surface area contributed by atoms with Crippen molar-refractivity contribution in [2.75, 3.05) is 19.0 Å². The fraction of sp³-hybridized carbons (Fsp3) is 0.292. The number of aliphatic hydroxyl groups is 1. The summed E-state index contributed by atoms with van der Waals surface area (Å²) in [6, 6.07) is 9.42. The van der Waals surface area contributed by atoms with Crippen LogP contribution in [0.5, 0.6) is 0 Å². The molecular formula is C24H25ClN6O3. The molecule has 0 saturated heterocycles. The van der Waals surface area contributed by atoms with Gasteiger partial charge < -0.3 is 20.6 Å². The zero-order valence-corrected chi connectivity index (χ0v) is 19.8. The van der Waals surface area contributed by atoms with Crippen molar-refractivity contribution < 1.29 is 14.7 Å². The summed E-state index contributed by atoms with van der Waals surface area (Å²) < 4.78 is 0. The Labute approximate surface area is 202 Å². The van der Waals surface area contributed by atoms with Crippen LogP contribution in [0, 0.1) is 6.92 Å². The minimum atomic E-state index is -0.749. The molecule has 3 N–H and O–H groups in total. The highest BCUT2D eigenvalue weighted by Gasteiger charge is 2.35. The van der Waals surface area contributed by atoms with Gasteiger partial charge in [0.1, 0.15) is 6.04 Å². The second-order valence-electron chi connectivity index (χ2n) is 8.07. The lowest BCUT2D eigenvalue weighted by Crippen LogP contribution is -2.46. The zero-order chi connectivity index (χ0) is 24.4. The van der Waals surface area contributed by atoms with Gasteiger partial charge in [-0.1, -0.05) is 29.8 Å². The first-order chi connectivity index (χ1) is 16.3. The molecule has 176 valence electrons. The average Bonchev–Trinajstić information content (AvgIpc) is 3.17. The molecule has 0 aliphatic carbocycles. The van der Waals surface area contributed by atoms with Gasteiger partial charge in [0.15, 0.2) is 0 Å².